The summed E-state index contributed by atoms with van der Waals surface area (Å²) in [4.78, 5) is 16.1. The minimum absolute atomic E-state index is 0.0729. The third-order valence-electron chi connectivity index (χ3n) is 3.72. The van der Waals surface area contributed by atoms with Crippen LogP contribution < -0.4 is 4.74 Å². The minimum Gasteiger partial charge on any atom is -0.449 e. The van der Waals surface area contributed by atoms with Gasteiger partial charge < -0.3 is 9.47 Å². The largest absolute Gasteiger partial charge is 0.449 e. The van der Waals surface area contributed by atoms with E-state index in [1.165, 1.54) is 30.5 Å². The first-order valence-corrected chi connectivity index (χ1v) is 9.73. The summed E-state index contributed by atoms with van der Waals surface area (Å²) in [6.45, 7) is 3.33. The minimum atomic E-state index is -4.48. The Morgan fingerprint density at radius 1 is 1.19 bits per heavy atom. The number of sulfone groups is 1. The number of carbonyl (C=O) groups is 1. The molecule has 26 heavy (non-hydrogen) atoms. The average Bonchev–Trinajstić information content (AvgIpc) is 2.84. The second-order valence-electron chi connectivity index (χ2n) is 6.05. The van der Waals surface area contributed by atoms with Gasteiger partial charge in [-0.25, -0.2) is 18.2 Å². The molecule has 1 aliphatic heterocycles. The van der Waals surface area contributed by atoms with Gasteiger partial charge in [0.05, 0.1) is 10.5 Å². The Labute approximate surface area is 164 Å². The summed E-state index contributed by atoms with van der Waals surface area (Å²) in [7, 11) is -4.48. The Hall–Kier alpha value is -2.19. The molecule has 1 aromatic carbocycles. The molecule has 0 aliphatic carbocycles. The summed E-state index contributed by atoms with van der Waals surface area (Å²) in [6.07, 6.45) is -1.66. The van der Waals surface area contributed by atoms with Crippen LogP contribution in [0.1, 0.15) is 23.5 Å². The molecular weight excluding hydrogens is 422 g/mol. The lowest BCUT2D eigenvalue weighted by Gasteiger charge is -2.21. The van der Waals surface area contributed by atoms with E-state index >= 15 is 0 Å². The molecule has 0 amide bonds. The smallest absolute Gasteiger partial charge is 0.375 e. The zero-order valence-electron chi connectivity index (χ0n) is 16.8. The number of esters is 1. The van der Waals surface area contributed by atoms with Crippen molar-refractivity contribution < 1.29 is 26.8 Å². The molecule has 0 spiro atoms. The van der Waals surface area contributed by atoms with Crippen molar-refractivity contribution in [1.82, 2.24) is 4.98 Å². The summed E-state index contributed by atoms with van der Waals surface area (Å²) >= 11 is 3.26. The van der Waals surface area contributed by atoms with Gasteiger partial charge in [-0.05, 0) is 53.5 Å². The van der Waals surface area contributed by atoms with E-state index in [9.17, 15) is 13.2 Å². The molecule has 6 nitrogen and oxygen atoms in total. The number of hydrogen-bond donors (Lipinski definition) is 0. The van der Waals surface area contributed by atoms with Crippen molar-refractivity contribution in [3.63, 3.8) is 0 Å². The van der Waals surface area contributed by atoms with Gasteiger partial charge in [0.2, 0.25) is 11.6 Å². The number of cyclic esters (lactones) is 1. The van der Waals surface area contributed by atoms with Gasteiger partial charge in [-0.3, -0.25) is 0 Å². The molecule has 0 unspecified atom stereocenters. The highest BCUT2D eigenvalue weighted by molar-refractivity contribution is 9.10. The average molecular weight is 441 g/mol. The standard InChI is InChI=1S/C18H16BrNO5S/c1-18(2)15(11-4-7-13(8-5-11)26(3,22)23)16(17(21)25-18)24-14-9-6-12(19)10-20-14/h4-10H,1-3H3/i3D3. The normalized spacial score (nSPS) is 18.7. The van der Waals surface area contributed by atoms with E-state index in [1.54, 1.807) is 26.0 Å². The van der Waals surface area contributed by atoms with Crippen LogP contribution in [0, 0.1) is 0 Å². The van der Waals surface area contributed by atoms with E-state index in [4.69, 9.17) is 13.6 Å². The number of hydrogen-bond acceptors (Lipinski definition) is 6. The first kappa shape index (κ1) is 14.9. The fourth-order valence-electron chi connectivity index (χ4n) is 2.60. The molecule has 2 heterocycles. The molecule has 0 bridgehead atoms. The van der Waals surface area contributed by atoms with Crippen LogP contribution in [-0.4, -0.2) is 31.2 Å². The molecule has 8 heteroatoms. The fraction of sp³-hybridized carbons (Fsp3) is 0.222. The molecule has 1 aromatic heterocycles. The molecule has 0 saturated heterocycles. The molecule has 0 saturated carbocycles. The van der Waals surface area contributed by atoms with E-state index in [-0.39, 0.29) is 16.5 Å². The first-order chi connectivity index (χ1) is 13.3. The third-order valence-corrected chi connectivity index (χ3v) is 5.08. The predicted molar refractivity (Wildman–Crippen MR) is 99.2 cm³/mol. The molecule has 0 radical (unpaired) electrons. The van der Waals surface area contributed by atoms with E-state index in [0.717, 1.165) is 4.47 Å². The zero-order chi connectivity index (χ0) is 21.6. The Bertz CT molecular complexity index is 1090. The Balaban J connectivity index is 2.06. The third kappa shape index (κ3) is 3.66. The van der Waals surface area contributed by atoms with Crippen LogP contribution in [0.2, 0.25) is 0 Å². The van der Waals surface area contributed by atoms with Crippen LogP contribution in [0.5, 0.6) is 5.88 Å². The van der Waals surface area contributed by atoms with Gasteiger partial charge in [0.25, 0.3) is 0 Å². The van der Waals surface area contributed by atoms with Gasteiger partial charge in [-0.15, -0.1) is 0 Å². The highest BCUT2D eigenvalue weighted by Crippen LogP contribution is 2.40. The van der Waals surface area contributed by atoms with Crippen molar-refractivity contribution in [1.29, 1.82) is 0 Å². The van der Waals surface area contributed by atoms with Gasteiger partial charge in [-0.1, -0.05) is 12.1 Å². The van der Waals surface area contributed by atoms with Crippen molar-refractivity contribution in [2.75, 3.05) is 6.18 Å². The van der Waals surface area contributed by atoms with Crippen LogP contribution in [-0.2, 0) is 19.4 Å². The monoisotopic (exact) mass is 440 g/mol. The number of nitrogens with zero attached hydrogens (tertiary/aromatic N) is 1. The summed E-state index contributed by atoms with van der Waals surface area (Å²) in [5, 5.41) is 0. The second kappa shape index (κ2) is 6.51. The fourth-order valence-corrected chi connectivity index (χ4v) is 3.33. The Kier molecular flexibility index (Phi) is 3.74. The number of benzene rings is 1. The molecule has 1 aliphatic rings. The number of halogens is 1. The quantitative estimate of drug-likeness (QED) is 0.677. The number of ether oxygens (including phenoxy) is 2. The lowest BCUT2D eigenvalue weighted by atomic mass is 9.92. The Morgan fingerprint density at radius 2 is 1.88 bits per heavy atom. The summed E-state index contributed by atoms with van der Waals surface area (Å²) in [6, 6.07) is 8.45. The molecule has 0 N–H and O–H groups in total. The summed E-state index contributed by atoms with van der Waals surface area (Å²) in [5.41, 5.74) is -0.200. The maximum Gasteiger partial charge on any atom is 0.375 e. The van der Waals surface area contributed by atoms with Gasteiger partial charge >= 0.3 is 5.97 Å². The lowest BCUT2D eigenvalue weighted by molar-refractivity contribution is -0.145. The van der Waals surface area contributed by atoms with Crippen molar-refractivity contribution >= 4 is 37.3 Å². The van der Waals surface area contributed by atoms with Gasteiger partial charge in [-0.2, -0.15) is 0 Å². The Morgan fingerprint density at radius 3 is 2.46 bits per heavy atom. The first-order valence-electron chi connectivity index (χ1n) is 8.95. The van der Waals surface area contributed by atoms with Crippen LogP contribution in [0.15, 0.2) is 57.7 Å². The number of carbonyl (C=O) groups excluding carboxylic acids is 1. The zero-order valence-corrected chi connectivity index (χ0v) is 16.2. The summed E-state index contributed by atoms with van der Waals surface area (Å²) < 4.78 is 57.6. The highest BCUT2D eigenvalue weighted by atomic mass is 79.9. The van der Waals surface area contributed by atoms with Crippen LogP contribution in [0.4, 0.5) is 0 Å². The van der Waals surface area contributed by atoms with Crippen LogP contribution in [0.25, 0.3) is 5.57 Å². The molecule has 136 valence electrons. The molecular formula is C18H16BrNO5S. The van der Waals surface area contributed by atoms with Crippen molar-refractivity contribution in [3.05, 3.63) is 58.4 Å². The van der Waals surface area contributed by atoms with Crippen molar-refractivity contribution in [2.45, 2.75) is 24.3 Å². The van der Waals surface area contributed by atoms with Gasteiger partial charge in [0.15, 0.2) is 9.84 Å². The van der Waals surface area contributed by atoms with Crippen LogP contribution in [0.3, 0.4) is 0 Å². The molecule has 0 fully saturated rings. The maximum atomic E-state index is 12.4. The van der Waals surface area contributed by atoms with Gasteiger partial charge in [0, 0.05) is 27.0 Å². The number of pyridine rings is 1. The number of rotatable bonds is 4. The van der Waals surface area contributed by atoms with E-state index in [0.29, 0.717) is 11.1 Å². The topological polar surface area (TPSA) is 82.6 Å². The molecule has 3 rings (SSSR count). The lowest BCUT2D eigenvalue weighted by Crippen LogP contribution is -2.22. The SMILES string of the molecule is [2H]C([2H])([2H])S(=O)(=O)c1ccc(C2=C(Oc3ccc(Br)cn3)C(=O)OC2(C)C)cc1. The summed E-state index contributed by atoms with van der Waals surface area (Å²) in [5.74, 6) is -0.581. The highest BCUT2D eigenvalue weighted by Gasteiger charge is 2.43. The van der Waals surface area contributed by atoms with Crippen LogP contribution >= 0.6 is 15.9 Å². The maximum absolute atomic E-state index is 12.4. The van der Waals surface area contributed by atoms with E-state index in [1.807, 2.05) is 0 Å². The number of aromatic nitrogens is 1. The van der Waals surface area contributed by atoms with Gasteiger partial charge in [0.1, 0.15) is 5.60 Å². The van der Waals surface area contributed by atoms with Crippen molar-refractivity contribution in [3.8, 4) is 5.88 Å². The molecule has 0 atom stereocenters. The van der Waals surface area contributed by atoms with E-state index < -0.39 is 27.6 Å². The second-order valence-corrected chi connectivity index (χ2v) is 8.44. The van der Waals surface area contributed by atoms with Crippen molar-refractivity contribution in [2.24, 2.45) is 0 Å². The molecule has 2 aromatic rings. The predicted octanol–water partition coefficient (Wildman–Crippen LogP) is 3.37. The van der Waals surface area contributed by atoms with E-state index in [2.05, 4.69) is 20.9 Å².